The van der Waals surface area contributed by atoms with Gasteiger partial charge in [0, 0.05) is 22.3 Å². The van der Waals surface area contributed by atoms with E-state index in [-0.39, 0.29) is 47.6 Å². The molecule has 3 saturated heterocycles. The fourth-order valence-electron chi connectivity index (χ4n) is 6.76. The summed E-state index contributed by atoms with van der Waals surface area (Å²) in [6.07, 6.45) is 5.02. The quantitative estimate of drug-likeness (QED) is 0.154. The summed E-state index contributed by atoms with van der Waals surface area (Å²) in [5.74, 6) is -2.04. The molecule has 4 rings (SSSR count). The van der Waals surface area contributed by atoms with Crippen LogP contribution in [0, 0.1) is 31.6 Å². The van der Waals surface area contributed by atoms with Crippen LogP contribution in [-0.2, 0) is 19.1 Å². The van der Waals surface area contributed by atoms with Crippen LogP contribution in [0.5, 0.6) is 0 Å². The summed E-state index contributed by atoms with van der Waals surface area (Å²) < 4.78 is 4.79. The number of benzene rings is 1. The number of rotatable bonds is 12. The van der Waals surface area contributed by atoms with E-state index in [9.17, 15) is 19.5 Å². The number of carbonyl (C=O) groups is 3. The van der Waals surface area contributed by atoms with Gasteiger partial charge >= 0.3 is 5.97 Å². The molecule has 3 heterocycles. The highest BCUT2D eigenvalue weighted by Crippen LogP contribution is 2.68. The van der Waals surface area contributed by atoms with Crippen molar-refractivity contribution in [2.24, 2.45) is 17.8 Å². The van der Waals surface area contributed by atoms with E-state index in [0.717, 1.165) is 16.8 Å². The monoisotopic (exact) mass is 632 g/mol. The second-order valence-corrected chi connectivity index (χ2v) is 14.4. The third-order valence-electron chi connectivity index (χ3n) is 8.38. The fourth-order valence-corrected chi connectivity index (χ4v) is 10.3. The van der Waals surface area contributed by atoms with Gasteiger partial charge in [-0.25, -0.2) is 0 Å². The summed E-state index contributed by atoms with van der Waals surface area (Å²) in [4.78, 5) is 46.0. The average molecular weight is 634 g/mol. The SMILES string of the molecule is C=CCCOC(=O)[C@H]1[C@@H]2SC3(CC2Br)C(C(=O)N(CC=C)c2cc(C)ccc2C)N([C@@H](CO)CC(C)C)C(=O)[C@H]13. The van der Waals surface area contributed by atoms with Gasteiger partial charge < -0.3 is 19.6 Å². The Morgan fingerprint density at radius 2 is 2.02 bits per heavy atom. The predicted molar refractivity (Wildman–Crippen MR) is 164 cm³/mol. The largest absolute Gasteiger partial charge is 0.465 e. The number of amides is 2. The number of halogens is 1. The normalized spacial score (nSPS) is 29.4. The van der Waals surface area contributed by atoms with Crippen LogP contribution in [0.4, 0.5) is 5.69 Å². The smallest absolute Gasteiger partial charge is 0.310 e. The molecule has 0 aliphatic carbocycles. The first-order valence-electron chi connectivity index (χ1n) is 14.0. The highest BCUT2D eigenvalue weighted by Gasteiger charge is 2.76. The van der Waals surface area contributed by atoms with Gasteiger partial charge in [-0.1, -0.05) is 54.1 Å². The minimum Gasteiger partial charge on any atom is -0.465 e. The first-order chi connectivity index (χ1) is 19.0. The second kappa shape index (κ2) is 12.4. The summed E-state index contributed by atoms with van der Waals surface area (Å²) in [6.45, 7) is 15.8. The summed E-state index contributed by atoms with van der Waals surface area (Å²) in [7, 11) is 0. The van der Waals surface area contributed by atoms with E-state index in [1.807, 2.05) is 45.9 Å². The molecule has 3 fully saturated rings. The Morgan fingerprint density at radius 3 is 2.65 bits per heavy atom. The maximum absolute atomic E-state index is 14.8. The number of esters is 1. The molecule has 1 N–H and O–H groups in total. The zero-order valence-corrected chi connectivity index (χ0v) is 26.2. The van der Waals surface area contributed by atoms with E-state index in [1.54, 1.807) is 33.7 Å². The first kappa shape index (κ1) is 30.8. The van der Waals surface area contributed by atoms with Crippen molar-refractivity contribution in [1.82, 2.24) is 4.90 Å². The Balaban J connectivity index is 1.84. The highest BCUT2D eigenvalue weighted by atomic mass is 79.9. The van der Waals surface area contributed by atoms with E-state index in [4.69, 9.17) is 4.74 Å². The third kappa shape index (κ3) is 5.29. The summed E-state index contributed by atoms with van der Waals surface area (Å²) >= 11 is 5.37. The molecule has 3 aliphatic heterocycles. The molecule has 3 unspecified atom stereocenters. The van der Waals surface area contributed by atoms with Crippen molar-refractivity contribution in [1.29, 1.82) is 0 Å². The summed E-state index contributed by atoms with van der Waals surface area (Å²) in [6, 6.07) is 4.59. The number of carbonyl (C=O) groups excluding carboxylic acids is 3. The molecule has 218 valence electrons. The van der Waals surface area contributed by atoms with Crippen molar-refractivity contribution < 1.29 is 24.2 Å². The maximum atomic E-state index is 14.8. The number of aryl methyl sites for hydroxylation is 2. The molecule has 7 atom stereocenters. The van der Waals surface area contributed by atoms with E-state index >= 15 is 0 Å². The van der Waals surface area contributed by atoms with Gasteiger partial charge in [-0.15, -0.1) is 24.9 Å². The van der Waals surface area contributed by atoms with Crippen molar-refractivity contribution >= 4 is 51.2 Å². The molecular formula is C31H41BrN2O5S. The lowest BCUT2D eigenvalue weighted by atomic mass is 9.71. The third-order valence-corrected chi connectivity index (χ3v) is 11.6. The Morgan fingerprint density at radius 1 is 1.30 bits per heavy atom. The Kier molecular flexibility index (Phi) is 9.57. The van der Waals surface area contributed by atoms with Crippen LogP contribution in [0.15, 0.2) is 43.5 Å². The van der Waals surface area contributed by atoms with Crippen LogP contribution >= 0.6 is 27.7 Å². The minimum atomic E-state index is -0.846. The number of aliphatic hydroxyl groups excluding tert-OH is 1. The standard InChI is InChI=1S/C31H41BrN2O5S/c1-7-9-13-39-30(38)24-25-28(36)34(21(17-35)14-18(3)4)27(31(25)16-22(32)26(24)40-31)29(37)33(12-8-2)23-15-19(5)10-11-20(23)6/h7-8,10-11,15,18,21-22,24-27,35H,1-2,9,12-14,16-17H2,3-6H3/t21-,22?,24-,25+,26-,27?,31?/m1/s1. The molecule has 2 amide bonds. The van der Waals surface area contributed by atoms with Gasteiger partial charge in [-0.2, -0.15) is 0 Å². The fraction of sp³-hybridized carbons (Fsp3) is 0.581. The number of fused-ring (bicyclic) bond motifs is 1. The molecular weight excluding hydrogens is 592 g/mol. The molecule has 2 bridgehead atoms. The van der Waals surface area contributed by atoms with E-state index in [2.05, 4.69) is 29.1 Å². The van der Waals surface area contributed by atoms with Gasteiger partial charge in [0.05, 0.1) is 35.8 Å². The Hall–Kier alpha value is -2.10. The molecule has 0 saturated carbocycles. The zero-order chi connectivity index (χ0) is 29.4. The van der Waals surface area contributed by atoms with Crippen molar-refractivity contribution in [2.45, 2.75) is 73.9 Å². The van der Waals surface area contributed by atoms with Gasteiger partial charge in [-0.3, -0.25) is 14.4 Å². The number of alkyl halides is 1. The van der Waals surface area contributed by atoms with Crippen LogP contribution in [0.1, 0.15) is 44.2 Å². The first-order valence-corrected chi connectivity index (χ1v) is 15.8. The van der Waals surface area contributed by atoms with Crippen molar-refractivity contribution in [3.05, 3.63) is 54.6 Å². The number of ether oxygens (including phenoxy) is 1. The lowest BCUT2D eigenvalue weighted by Gasteiger charge is -2.40. The summed E-state index contributed by atoms with van der Waals surface area (Å²) in [5.41, 5.74) is 2.73. The molecule has 1 aromatic rings. The van der Waals surface area contributed by atoms with Gasteiger partial charge in [0.15, 0.2) is 0 Å². The molecule has 3 aliphatic rings. The molecule has 1 aromatic carbocycles. The number of anilines is 1. The van der Waals surface area contributed by atoms with Gasteiger partial charge in [0.2, 0.25) is 5.91 Å². The molecule has 0 radical (unpaired) electrons. The maximum Gasteiger partial charge on any atom is 0.310 e. The van der Waals surface area contributed by atoms with Crippen molar-refractivity contribution in [3.8, 4) is 0 Å². The van der Waals surface area contributed by atoms with Crippen LogP contribution in [0.25, 0.3) is 0 Å². The van der Waals surface area contributed by atoms with Gasteiger partial charge in [-0.05, 0) is 56.2 Å². The number of hydrogen-bond donors (Lipinski definition) is 1. The average Bonchev–Trinajstić information content (AvgIpc) is 3.50. The van der Waals surface area contributed by atoms with Gasteiger partial charge in [0.1, 0.15) is 6.04 Å². The lowest BCUT2D eigenvalue weighted by molar-refractivity contribution is -0.154. The lowest BCUT2D eigenvalue weighted by Crippen LogP contribution is -2.58. The number of thioether (sulfide) groups is 1. The Bertz CT molecular complexity index is 1170. The molecule has 9 heteroatoms. The Labute approximate surface area is 250 Å². The number of nitrogens with zero attached hydrogens (tertiary/aromatic N) is 2. The van der Waals surface area contributed by atoms with Gasteiger partial charge in [0.25, 0.3) is 5.91 Å². The van der Waals surface area contributed by atoms with Crippen molar-refractivity contribution in [3.63, 3.8) is 0 Å². The zero-order valence-electron chi connectivity index (χ0n) is 23.8. The number of hydrogen-bond acceptors (Lipinski definition) is 6. The second-order valence-electron chi connectivity index (χ2n) is 11.6. The van der Waals surface area contributed by atoms with Crippen LogP contribution in [0.3, 0.4) is 0 Å². The number of aliphatic hydroxyl groups is 1. The summed E-state index contributed by atoms with van der Waals surface area (Å²) in [5, 5.41) is 10.4. The molecule has 7 nitrogen and oxygen atoms in total. The molecule has 0 aromatic heterocycles. The predicted octanol–water partition coefficient (Wildman–Crippen LogP) is 4.81. The van der Waals surface area contributed by atoms with E-state index < -0.39 is 34.6 Å². The van der Waals surface area contributed by atoms with E-state index in [1.165, 1.54) is 0 Å². The number of likely N-dealkylation sites (tertiary alicyclic amines) is 1. The highest BCUT2D eigenvalue weighted by molar-refractivity contribution is 9.09. The van der Waals surface area contributed by atoms with Crippen LogP contribution in [-0.4, -0.2) is 74.5 Å². The topological polar surface area (TPSA) is 87.2 Å². The molecule has 40 heavy (non-hydrogen) atoms. The minimum absolute atomic E-state index is 0.0556. The van der Waals surface area contributed by atoms with Crippen LogP contribution in [0.2, 0.25) is 0 Å². The molecule has 1 spiro atoms. The van der Waals surface area contributed by atoms with Crippen molar-refractivity contribution in [2.75, 3.05) is 24.7 Å². The van der Waals surface area contributed by atoms with Crippen LogP contribution < -0.4 is 4.90 Å². The van der Waals surface area contributed by atoms with E-state index in [0.29, 0.717) is 19.3 Å².